The van der Waals surface area contributed by atoms with Crippen LogP contribution >= 0.6 is 0 Å². The molecule has 0 aromatic heterocycles. The average molecular weight is 745 g/mol. The van der Waals surface area contributed by atoms with Gasteiger partial charge in [0.15, 0.2) is 0 Å². The van der Waals surface area contributed by atoms with Crippen LogP contribution in [0.2, 0.25) is 0 Å². The third-order valence-corrected chi connectivity index (χ3v) is 11.0. The third kappa shape index (κ3) is 10.7. The van der Waals surface area contributed by atoms with E-state index in [0.29, 0.717) is 29.1 Å². The quantitative estimate of drug-likeness (QED) is 0.101. The smallest absolute Gasteiger partial charge is 0.318 e. The van der Waals surface area contributed by atoms with Crippen LogP contribution in [0, 0.1) is 23.2 Å². The summed E-state index contributed by atoms with van der Waals surface area (Å²) >= 11 is 0. The second-order valence-electron chi connectivity index (χ2n) is 15.3. The molecule has 4 amide bonds. The van der Waals surface area contributed by atoms with E-state index >= 15 is 0 Å². The lowest BCUT2D eigenvalue weighted by molar-refractivity contribution is -0.209. The molecule has 0 unspecified atom stereocenters. The van der Waals surface area contributed by atoms with E-state index in [0.717, 1.165) is 28.8 Å². The van der Waals surface area contributed by atoms with Crippen LogP contribution < -0.4 is 30.9 Å². The Bertz CT molecular complexity index is 1690. The first-order valence-corrected chi connectivity index (χ1v) is 18.8. The highest BCUT2D eigenvalue weighted by molar-refractivity contribution is 5.97. The number of hydrogen-bond donors (Lipinski definition) is 5. The number of urea groups is 1. The van der Waals surface area contributed by atoms with Crippen molar-refractivity contribution in [3.63, 3.8) is 0 Å². The van der Waals surface area contributed by atoms with E-state index in [2.05, 4.69) is 48.6 Å². The number of methoxy groups -OCH3 is 1. The number of rotatable bonds is 18. The fourth-order valence-corrected chi connectivity index (χ4v) is 7.89. The summed E-state index contributed by atoms with van der Waals surface area (Å²) in [5.74, 6) is 1.69. The van der Waals surface area contributed by atoms with E-state index in [9.17, 15) is 19.5 Å². The highest BCUT2D eigenvalue weighted by atomic mass is 16.7. The number of benzene rings is 2. The van der Waals surface area contributed by atoms with Crippen molar-refractivity contribution < 1.29 is 29.1 Å². The molecule has 3 aliphatic carbocycles. The van der Waals surface area contributed by atoms with Gasteiger partial charge in [0, 0.05) is 68.7 Å². The van der Waals surface area contributed by atoms with Crippen molar-refractivity contribution in [1.82, 2.24) is 26.3 Å². The summed E-state index contributed by atoms with van der Waals surface area (Å²) in [6.07, 6.45) is 9.20. The molecule has 3 aliphatic rings. The number of hydrogen-bond acceptors (Lipinski definition) is 8. The lowest BCUT2D eigenvalue weighted by Gasteiger charge is -2.62. The first-order valence-electron chi connectivity index (χ1n) is 18.8. The number of fused-ring (bicyclic) bond motifs is 2. The minimum absolute atomic E-state index is 0.0695. The standard InChI is InChI=1S/C42H60N6O6/c1-10-11-12-13-17-44-41(52)45-24-34(18-27(2)49)54-48(26-38(50)46-37-23-32-22-36(28(37)3)42(32,4)5)25-29-15-14-16-35(39(29)53-9)30-19-31(40(51)43-6)21-33(20-30)47(7)8/h10-17,19-21,27-28,32,34,36-37,49H,1,18,22-26H2,2-9H3,(H,43,51)(H,46,50)(H2,44,45,52)/b12-11-,17-13+/t27-,28-,32+,34+,36-,37-/m0/s1. The maximum atomic E-state index is 13.8. The van der Waals surface area contributed by atoms with Crippen molar-refractivity contribution in [2.75, 3.05) is 46.2 Å². The van der Waals surface area contributed by atoms with Gasteiger partial charge in [-0.2, -0.15) is 5.06 Å². The van der Waals surface area contributed by atoms with E-state index in [-0.39, 0.29) is 49.3 Å². The number of para-hydroxylation sites is 1. The van der Waals surface area contributed by atoms with Gasteiger partial charge in [0.1, 0.15) is 12.3 Å². The molecule has 54 heavy (non-hydrogen) atoms. The maximum Gasteiger partial charge on any atom is 0.318 e. The van der Waals surface area contributed by atoms with Crippen molar-refractivity contribution in [1.29, 1.82) is 0 Å². The SMILES string of the molecule is C=C/C=C\C=C\NC(=O)NC[C@@H](C[C@H](C)O)ON(CC(=O)N[C@H]1C[C@H]2C[C@@H]([C@@H]1C)C2(C)C)Cc1cccc(-c2cc(C(=O)NC)cc(N(C)C)c2)c1OC. The van der Waals surface area contributed by atoms with E-state index < -0.39 is 18.2 Å². The molecular formula is C42H60N6O6. The summed E-state index contributed by atoms with van der Waals surface area (Å²) in [7, 11) is 7.02. The van der Waals surface area contributed by atoms with Gasteiger partial charge in [0.05, 0.1) is 25.9 Å². The fourth-order valence-electron chi connectivity index (χ4n) is 7.89. The van der Waals surface area contributed by atoms with Crippen LogP contribution in [0.15, 0.2) is 73.5 Å². The number of allylic oxidation sites excluding steroid dienone is 4. The highest BCUT2D eigenvalue weighted by Crippen LogP contribution is 2.61. The molecule has 12 nitrogen and oxygen atoms in total. The number of anilines is 1. The van der Waals surface area contributed by atoms with Crippen LogP contribution in [-0.2, 0) is 16.2 Å². The second kappa shape index (κ2) is 19.1. The maximum absolute atomic E-state index is 13.8. The number of nitrogens with one attached hydrogen (secondary N) is 4. The summed E-state index contributed by atoms with van der Waals surface area (Å²) in [6.45, 7) is 12.3. The summed E-state index contributed by atoms with van der Waals surface area (Å²) in [5.41, 5.74) is 3.93. The number of nitrogens with zero attached hydrogens (tertiary/aromatic N) is 2. The minimum atomic E-state index is -0.742. The Morgan fingerprint density at radius 3 is 2.50 bits per heavy atom. The minimum Gasteiger partial charge on any atom is -0.496 e. The van der Waals surface area contributed by atoms with Crippen molar-refractivity contribution >= 4 is 23.5 Å². The predicted octanol–water partition coefficient (Wildman–Crippen LogP) is 5.40. The van der Waals surface area contributed by atoms with E-state index in [1.165, 1.54) is 12.6 Å². The molecule has 2 aromatic rings. The average Bonchev–Trinajstić information content (AvgIpc) is 3.13. The lowest BCUT2D eigenvalue weighted by atomic mass is 9.45. The Kier molecular flexibility index (Phi) is 14.9. The Morgan fingerprint density at radius 1 is 1.11 bits per heavy atom. The monoisotopic (exact) mass is 744 g/mol. The molecular weight excluding hydrogens is 684 g/mol. The molecule has 0 aliphatic heterocycles. The predicted molar refractivity (Wildman–Crippen MR) is 214 cm³/mol. The van der Waals surface area contributed by atoms with Gasteiger partial charge in [-0.3, -0.25) is 14.4 Å². The molecule has 0 saturated heterocycles. The molecule has 2 bridgehead atoms. The van der Waals surface area contributed by atoms with Crippen LogP contribution in [0.3, 0.4) is 0 Å². The molecule has 0 heterocycles. The van der Waals surface area contributed by atoms with Crippen LogP contribution in [0.1, 0.15) is 62.9 Å². The van der Waals surface area contributed by atoms with Crippen LogP contribution in [0.4, 0.5) is 10.5 Å². The van der Waals surface area contributed by atoms with Crippen molar-refractivity contribution in [3.05, 3.63) is 84.6 Å². The molecule has 0 radical (unpaired) electrons. The number of hydroxylamine groups is 2. The van der Waals surface area contributed by atoms with Crippen LogP contribution in [-0.4, -0.2) is 87.6 Å². The van der Waals surface area contributed by atoms with Crippen LogP contribution in [0.5, 0.6) is 5.75 Å². The number of aliphatic hydroxyl groups excluding tert-OH is 1. The summed E-state index contributed by atoms with van der Waals surface area (Å²) in [6, 6.07) is 11.0. The second-order valence-corrected chi connectivity index (χ2v) is 15.3. The van der Waals surface area contributed by atoms with Gasteiger partial charge in [-0.05, 0) is 72.8 Å². The highest BCUT2D eigenvalue weighted by Gasteiger charge is 2.56. The van der Waals surface area contributed by atoms with Gasteiger partial charge in [-0.25, -0.2) is 4.79 Å². The molecule has 2 aromatic carbocycles. The first-order chi connectivity index (χ1) is 25.7. The zero-order chi connectivity index (χ0) is 39.6. The zero-order valence-corrected chi connectivity index (χ0v) is 33.1. The van der Waals surface area contributed by atoms with E-state index in [1.807, 2.05) is 55.4 Å². The summed E-state index contributed by atoms with van der Waals surface area (Å²) in [5, 5.41) is 23.5. The molecule has 5 N–H and O–H groups in total. The summed E-state index contributed by atoms with van der Waals surface area (Å²) in [4.78, 5) is 47.6. The van der Waals surface area contributed by atoms with Gasteiger partial charge in [-0.15, -0.1) is 0 Å². The Balaban J connectivity index is 1.62. The molecule has 294 valence electrons. The first kappa shape index (κ1) is 42.1. The largest absolute Gasteiger partial charge is 0.496 e. The summed E-state index contributed by atoms with van der Waals surface area (Å²) < 4.78 is 6.03. The van der Waals surface area contributed by atoms with Crippen molar-refractivity contribution in [2.45, 2.75) is 71.8 Å². The van der Waals surface area contributed by atoms with Gasteiger partial charge in [0.25, 0.3) is 5.91 Å². The molecule has 12 heteroatoms. The number of carbonyl (C=O) groups is 3. The number of amides is 4. The Labute approximate surface area is 321 Å². The van der Waals surface area contributed by atoms with Gasteiger partial charge in [0.2, 0.25) is 5.91 Å². The molecule has 3 saturated carbocycles. The molecule has 3 fully saturated rings. The topological polar surface area (TPSA) is 144 Å². The molecule has 6 atom stereocenters. The van der Waals surface area contributed by atoms with E-state index in [1.54, 1.807) is 50.4 Å². The molecule has 5 rings (SSSR count). The van der Waals surface area contributed by atoms with Crippen molar-refractivity contribution in [2.24, 2.45) is 23.2 Å². The fraction of sp³-hybridized carbons (Fsp3) is 0.500. The Hall–Kier alpha value is -4.65. The van der Waals surface area contributed by atoms with Gasteiger partial charge < -0.3 is 36.0 Å². The molecule has 0 spiro atoms. The number of ether oxygens (including phenoxy) is 1. The normalized spacial score (nSPS) is 21.2. The van der Waals surface area contributed by atoms with Gasteiger partial charge >= 0.3 is 6.03 Å². The van der Waals surface area contributed by atoms with Gasteiger partial charge in [-0.1, -0.05) is 63.8 Å². The van der Waals surface area contributed by atoms with Crippen molar-refractivity contribution in [3.8, 4) is 16.9 Å². The zero-order valence-electron chi connectivity index (χ0n) is 33.1. The Morgan fingerprint density at radius 2 is 1.87 bits per heavy atom. The van der Waals surface area contributed by atoms with Crippen LogP contribution in [0.25, 0.3) is 11.1 Å². The number of aliphatic hydroxyl groups is 1. The lowest BCUT2D eigenvalue weighted by Crippen LogP contribution is -2.61. The number of carbonyl (C=O) groups excluding carboxylic acids is 3. The van der Waals surface area contributed by atoms with E-state index in [4.69, 9.17) is 9.57 Å². The third-order valence-electron chi connectivity index (χ3n) is 11.0.